The van der Waals surface area contributed by atoms with Gasteiger partial charge in [0.25, 0.3) is 5.91 Å². The molecule has 0 aliphatic carbocycles. The van der Waals surface area contributed by atoms with Crippen LogP contribution in [-0.2, 0) is 6.54 Å². The van der Waals surface area contributed by atoms with E-state index in [0.717, 1.165) is 12.1 Å². The van der Waals surface area contributed by atoms with E-state index >= 15 is 0 Å². The Balaban J connectivity index is 2.02. The van der Waals surface area contributed by atoms with Crippen molar-refractivity contribution in [3.63, 3.8) is 0 Å². The molecule has 7 heteroatoms. The Labute approximate surface area is 120 Å². The summed E-state index contributed by atoms with van der Waals surface area (Å²) < 4.78 is 12.8. The summed E-state index contributed by atoms with van der Waals surface area (Å²) in [5.41, 5.74) is 0.860. The molecule has 0 atom stereocenters. The number of nitrogens with one attached hydrogen (secondary N) is 1. The lowest BCUT2D eigenvalue weighted by Gasteiger charge is -2.15. The summed E-state index contributed by atoms with van der Waals surface area (Å²) >= 11 is 1.22. The smallest absolute Gasteiger partial charge is 0.284 e. The predicted octanol–water partition coefficient (Wildman–Crippen LogP) is 2.38. The molecule has 0 aliphatic rings. The van der Waals surface area contributed by atoms with Crippen LogP contribution in [0.5, 0.6) is 0 Å². The highest BCUT2D eigenvalue weighted by atomic mass is 32.1. The second kappa shape index (κ2) is 6.42. The van der Waals surface area contributed by atoms with Crippen molar-refractivity contribution in [1.82, 2.24) is 15.1 Å². The van der Waals surface area contributed by atoms with Crippen LogP contribution < -0.4 is 5.32 Å². The lowest BCUT2D eigenvalue weighted by molar-refractivity contribution is 0.0784. The van der Waals surface area contributed by atoms with Crippen LogP contribution in [0.1, 0.15) is 22.3 Å². The number of hydrogen-bond acceptors (Lipinski definition) is 5. The number of benzene rings is 1. The molecule has 1 heterocycles. The topological polar surface area (TPSA) is 58.1 Å². The summed E-state index contributed by atoms with van der Waals surface area (Å²) in [6.45, 7) is 3.08. The van der Waals surface area contributed by atoms with Gasteiger partial charge in [-0.05, 0) is 24.6 Å². The van der Waals surface area contributed by atoms with Gasteiger partial charge in [-0.25, -0.2) is 4.39 Å². The van der Waals surface area contributed by atoms with E-state index in [4.69, 9.17) is 0 Å². The number of aromatic nitrogens is 2. The van der Waals surface area contributed by atoms with Crippen molar-refractivity contribution in [3.05, 3.63) is 40.7 Å². The van der Waals surface area contributed by atoms with Gasteiger partial charge in [0.15, 0.2) is 0 Å². The maximum Gasteiger partial charge on any atom is 0.284 e. The van der Waals surface area contributed by atoms with E-state index < -0.39 is 0 Å². The number of nitrogens with zero attached hydrogens (tertiary/aromatic N) is 3. The van der Waals surface area contributed by atoms with Crippen molar-refractivity contribution >= 4 is 22.4 Å². The first-order valence-corrected chi connectivity index (χ1v) is 6.99. The highest BCUT2D eigenvalue weighted by molar-refractivity contribution is 7.17. The Morgan fingerprint density at radius 1 is 1.35 bits per heavy atom. The highest BCUT2D eigenvalue weighted by Crippen LogP contribution is 2.17. The van der Waals surface area contributed by atoms with Crippen molar-refractivity contribution in [1.29, 1.82) is 0 Å². The number of carbonyl (C=O) groups excluding carboxylic acids is 1. The molecule has 0 aliphatic heterocycles. The van der Waals surface area contributed by atoms with Crippen molar-refractivity contribution in [3.8, 4) is 0 Å². The zero-order valence-electron chi connectivity index (χ0n) is 11.3. The summed E-state index contributed by atoms with van der Waals surface area (Å²) in [5.74, 6) is -0.488. The van der Waals surface area contributed by atoms with Crippen LogP contribution >= 0.6 is 11.3 Å². The number of anilines is 1. The van der Waals surface area contributed by atoms with Crippen LogP contribution in [-0.4, -0.2) is 34.6 Å². The van der Waals surface area contributed by atoms with Crippen LogP contribution in [0.3, 0.4) is 0 Å². The summed E-state index contributed by atoms with van der Waals surface area (Å²) in [5, 5.41) is 11.7. The fourth-order valence-corrected chi connectivity index (χ4v) is 2.44. The fourth-order valence-electron chi connectivity index (χ4n) is 1.63. The summed E-state index contributed by atoms with van der Waals surface area (Å²) in [7, 11) is 1.68. The van der Waals surface area contributed by atoms with Gasteiger partial charge in [-0.1, -0.05) is 23.5 Å². The number of carbonyl (C=O) groups is 1. The Bertz CT molecular complexity index is 584. The van der Waals surface area contributed by atoms with Crippen molar-refractivity contribution < 1.29 is 9.18 Å². The first kappa shape index (κ1) is 14.4. The van der Waals surface area contributed by atoms with Gasteiger partial charge >= 0.3 is 0 Å². The molecule has 0 saturated carbocycles. The normalized spacial score (nSPS) is 10.3. The summed E-state index contributed by atoms with van der Waals surface area (Å²) in [6, 6.07) is 6.07. The first-order chi connectivity index (χ1) is 9.60. The number of halogens is 1. The first-order valence-electron chi connectivity index (χ1n) is 6.17. The maximum absolute atomic E-state index is 12.8. The van der Waals surface area contributed by atoms with Crippen LogP contribution in [0.25, 0.3) is 0 Å². The Morgan fingerprint density at radius 2 is 2.05 bits per heavy atom. The highest BCUT2D eigenvalue weighted by Gasteiger charge is 2.17. The maximum atomic E-state index is 12.8. The molecule has 1 amide bonds. The van der Waals surface area contributed by atoms with Crippen molar-refractivity contribution in [2.45, 2.75) is 13.5 Å². The molecule has 106 valence electrons. The van der Waals surface area contributed by atoms with E-state index in [2.05, 4.69) is 15.5 Å². The van der Waals surface area contributed by atoms with Gasteiger partial charge in [0.1, 0.15) is 5.82 Å². The average Bonchev–Trinajstić information content (AvgIpc) is 2.89. The van der Waals surface area contributed by atoms with E-state index in [1.54, 1.807) is 19.2 Å². The quantitative estimate of drug-likeness (QED) is 0.920. The molecule has 2 aromatic rings. The van der Waals surface area contributed by atoms with Crippen LogP contribution in [0.2, 0.25) is 0 Å². The third-order valence-corrected chi connectivity index (χ3v) is 3.48. The average molecular weight is 294 g/mol. The molecule has 0 unspecified atom stereocenters. The fraction of sp³-hybridized carbons (Fsp3) is 0.308. The molecule has 2 rings (SSSR count). The van der Waals surface area contributed by atoms with Gasteiger partial charge in [0.2, 0.25) is 10.1 Å². The third kappa shape index (κ3) is 3.51. The largest absolute Gasteiger partial charge is 0.360 e. The second-order valence-corrected chi connectivity index (χ2v) is 5.21. The van der Waals surface area contributed by atoms with Crippen molar-refractivity contribution in [2.24, 2.45) is 0 Å². The van der Waals surface area contributed by atoms with Gasteiger partial charge in [-0.3, -0.25) is 4.79 Å². The lowest BCUT2D eigenvalue weighted by atomic mass is 10.2. The summed E-state index contributed by atoms with van der Waals surface area (Å²) in [6.07, 6.45) is 0. The third-order valence-electron chi connectivity index (χ3n) is 2.62. The minimum atomic E-state index is -0.290. The zero-order valence-corrected chi connectivity index (χ0v) is 12.1. The molecule has 1 aromatic carbocycles. The minimum Gasteiger partial charge on any atom is -0.360 e. The Morgan fingerprint density at radius 3 is 2.70 bits per heavy atom. The predicted molar refractivity (Wildman–Crippen MR) is 76.3 cm³/mol. The Kier molecular flexibility index (Phi) is 4.62. The second-order valence-electron chi connectivity index (χ2n) is 4.23. The van der Waals surface area contributed by atoms with Crippen LogP contribution in [0.4, 0.5) is 9.52 Å². The lowest BCUT2D eigenvalue weighted by Crippen LogP contribution is -2.26. The number of amides is 1. The molecule has 1 N–H and O–H groups in total. The number of hydrogen-bond donors (Lipinski definition) is 1. The zero-order chi connectivity index (χ0) is 14.5. The molecular weight excluding hydrogens is 279 g/mol. The molecule has 0 radical (unpaired) electrons. The molecule has 20 heavy (non-hydrogen) atoms. The molecule has 0 fully saturated rings. The van der Waals surface area contributed by atoms with E-state index in [9.17, 15) is 9.18 Å². The number of rotatable bonds is 5. The van der Waals surface area contributed by atoms with Crippen LogP contribution in [0.15, 0.2) is 24.3 Å². The van der Waals surface area contributed by atoms with Gasteiger partial charge < -0.3 is 10.2 Å². The molecule has 0 spiro atoms. The molecule has 5 nitrogen and oxygen atoms in total. The van der Waals surface area contributed by atoms with Gasteiger partial charge in [0, 0.05) is 20.1 Å². The SMILES string of the molecule is CCNc1nnc(C(=O)N(C)Cc2ccc(F)cc2)s1. The monoisotopic (exact) mass is 294 g/mol. The van der Waals surface area contributed by atoms with E-state index in [1.807, 2.05) is 6.92 Å². The minimum absolute atomic E-state index is 0.198. The molecule has 0 saturated heterocycles. The van der Waals surface area contributed by atoms with Gasteiger partial charge in [-0.2, -0.15) is 0 Å². The van der Waals surface area contributed by atoms with Crippen molar-refractivity contribution in [2.75, 3.05) is 18.9 Å². The standard InChI is InChI=1S/C13H15FN4OS/c1-3-15-13-17-16-11(20-13)12(19)18(2)8-9-4-6-10(14)7-5-9/h4-7H,3,8H2,1-2H3,(H,15,17). The molecule has 1 aromatic heterocycles. The van der Waals surface area contributed by atoms with E-state index in [1.165, 1.54) is 28.4 Å². The summed E-state index contributed by atoms with van der Waals surface area (Å²) in [4.78, 5) is 13.7. The Hall–Kier alpha value is -2.02. The van der Waals surface area contributed by atoms with E-state index in [-0.39, 0.29) is 11.7 Å². The van der Waals surface area contributed by atoms with Gasteiger partial charge in [0.05, 0.1) is 0 Å². The van der Waals surface area contributed by atoms with E-state index in [0.29, 0.717) is 16.7 Å². The van der Waals surface area contributed by atoms with Gasteiger partial charge in [-0.15, -0.1) is 10.2 Å². The molecular formula is C13H15FN4OS. The van der Waals surface area contributed by atoms with Crippen LogP contribution in [0, 0.1) is 5.82 Å². The molecule has 0 bridgehead atoms.